The van der Waals surface area contributed by atoms with E-state index in [1.54, 1.807) is 37.6 Å². The van der Waals surface area contributed by atoms with Crippen LogP contribution in [0.4, 0.5) is 10.1 Å². The first-order valence-electron chi connectivity index (χ1n) is 10.7. The number of benzene rings is 2. The van der Waals surface area contributed by atoms with Gasteiger partial charge in [-0.25, -0.2) is 14.1 Å². The van der Waals surface area contributed by atoms with Gasteiger partial charge in [0.1, 0.15) is 22.8 Å². The molecule has 2 aromatic carbocycles. The molecular formula is C25H23ClFN3O3S. The fourth-order valence-corrected chi connectivity index (χ4v) is 4.91. The second-order valence-corrected chi connectivity index (χ2v) is 9.38. The molecule has 0 saturated carbocycles. The maximum Gasteiger partial charge on any atom is 0.198 e. The van der Waals surface area contributed by atoms with Crippen LogP contribution in [0.3, 0.4) is 0 Å². The topological polar surface area (TPSA) is 90.1 Å². The van der Waals surface area contributed by atoms with Crippen LogP contribution in [0.25, 0.3) is 22.2 Å². The highest BCUT2D eigenvalue weighted by molar-refractivity contribution is 7.92. The first kappa shape index (κ1) is 24.1. The maximum absolute atomic E-state index is 15.2. The van der Waals surface area contributed by atoms with Crippen LogP contribution >= 0.6 is 11.6 Å². The summed E-state index contributed by atoms with van der Waals surface area (Å²) in [5.74, 6) is -0.223. The first-order chi connectivity index (χ1) is 16.4. The van der Waals surface area contributed by atoms with Gasteiger partial charge in [-0.2, -0.15) is 0 Å². The molecule has 0 fully saturated rings. The Labute approximate surface area is 204 Å². The van der Waals surface area contributed by atoms with Crippen LogP contribution in [0.1, 0.15) is 35.7 Å². The summed E-state index contributed by atoms with van der Waals surface area (Å²) < 4.78 is 35.2. The predicted octanol–water partition coefficient (Wildman–Crippen LogP) is 6.14. The van der Waals surface area contributed by atoms with E-state index in [4.69, 9.17) is 16.3 Å². The molecule has 0 saturated heterocycles. The Hall–Kier alpha value is -3.07. The minimum Gasteiger partial charge on any atom is -0.593 e. The number of anilines is 1. The van der Waals surface area contributed by atoms with Gasteiger partial charge in [0.15, 0.2) is 11.6 Å². The molecule has 4 rings (SSSR count). The number of rotatable bonds is 9. The molecule has 34 heavy (non-hydrogen) atoms. The highest BCUT2D eigenvalue weighted by Crippen LogP contribution is 2.33. The fraction of sp³-hybridized carbons (Fsp3) is 0.200. The number of nitrogens with zero attached hydrogens (tertiary/aromatic N) is 1. The normalized spacial score (nSPS) is 12.0. The molecular weight excluding hydrogens is 477 g/mol. The Bertz CT molecular complexity index is 1340. The van der Waals surface area contributed by atoms with Crippen molar-refractivity contribution in [2.75, 3.05) is 17.6 Å². The molecule has 0 aliphatic carbocycles. The predicted molar refractivity (Wildman–Crippen MR) is 134 cm³/mol. The summed E-state index contributed by atoms with van der Waals surface area (Å²) in [5.41, 5.74) is 2.11. The third kappa shape index (κ3) is 4.89. The second kappa shape index (κ2) is 10.5. The van der Waals surface area contributed by atoms with Crippen molar-refractivity contribution in [3.8, 4) is 16.9 Å². The van der Waals surface area contributed by atoms with Crippen molar-refractivity contribution in [3.63, 3.8) is 0 Å². The van der Waals surface area contributed by atoms with Gasteiger partial charge in [-0.05, 0) is 42.8 Å². The van der Waals surface area contributed by atoms with E-state index in [0.717, 1.165) is 18.4 Å². The van der Waals surface area contributed by atoms with Crippen molar-refractivity contribution >= 4 is 45.5 Å². The van der Waals surface area contributed by atoms with Gasteiger partial charge in [-0.3, -0.25) is 4.79 Å². The molecule has 0 aliphatic heterocycles. The number of ketones is 1. The molecule has 1 atom stereocenters. The Balaban J connectivity index is 1.69. The van der Waals surface area contributed by atoms with Gasteiger partial charge in [-0.1, -0.05) is 31.0 Å². The first-order valence-corrected chi connectivity index (χ1v) is 12.4. The molecule has 0 bridgehead atoms. The minimum absolute atomic E-state index is 0.0314. The van der Waals surface area contributed by atoms with E-state index in [9.17, 15) is 9.35 Å². The van der Waals surface area contributed by atoms with Gasteiger partial charge in [0.25, 0.3) is 0 Å². The van der Waals surface area contributed by atoms with Crippen LogP contribution in [0, 0.1) is 5.82 Å². The molecule has 6 nitrogen and oxygen atoms in total. The van der Waals surface area contributed by atoms with Crippen molar-refractivity contribution in [1.29, 1.82) is 0 Å². The Morgan fingerprint density at radius 3 is 2.82 bits per heavy atom. The number of methoxy groups -OCH3 is 1. The van der Waals surface area contributed by atoms with E-state index >= 15 is 4.39 Å². The van der Waals surface area contributed by atoms with E-state index in [2.05, 4.69) is 14.7 Å². The summed E-state index contributed by atoms with van der Waals surface area (Å²) in [7, 11) is 1.56. The summed E-state index contributed by atoms with van der Waals surface area (Å²) in [4.78, 5) is 20.7. The van der Waals surface area contributed by atoms with Gasteiger partial charge in [-0.15, -0.1) is 0 Å². The quantitative estimate of drug-likeness (QED) is 0.213. The number of carbonyl (C=O) groups is 1. The van der Waals surface area contributed by atoms with Crippen LogP contribution in [0.5, 0.6) is 5.75 Å². The van der Waals surface area contributed by atoms with Crippen LogP contribution in [-0.2, 0) is 11.4 Å². The minimum atomic E-state index is -1.43. The van der Waals surface area contributed by atoms with Gasteiger partial charge >= 0.3 is 0 Å². The number of pyridine rings is 1. The number of aromatic amines is 1. The third-order valence-electron chi connectivity index (χ3n) is 5.41. The zero-order valence-corrected chi connectivity index (χ0v) is 20.2. The van der Waals surface area contributed by atoms with Crippen molar-refractivity contribution in [1.82, 2.24) is 9.97 Å². The Morgan fingerprint density at radius 2 is 2.09 bits per heavy atom. The number of fused-ring (bicyclic) bond motifs is 1. The summed E-state index contributed by atoms with van der Waals surface area (Å²) >= 11 is 4.98. The zero-order valence-electron chi connectivity index (χ0n) is 18.7. The summed E-state index contributed by atoms with van der Waals surface area (Å²) in [6.07, 6.45) is 4.80. The van der Waals surface area contributed by atoms with Crippen molar-refractivity contribution < 1.29 is 18.5 Å². The molecule has 2 N–H and O–H groups in total. The van der Waals surface area contributed by atoms with Crippen molar-refractivity contribution in [2.45, 2.75) is 19.8 Å². The number of carbonyl (C=O) groups excluding carboxylic acids is 1. The summed E-state index contributed by atoms with van der Waals surface area (Å²) in [6, 6.07) is 11.5. The average molecular weight is 500 g/mol. The van der Waals surface area contributed by atoms with Gasteiger partial charge < -0.3 is 14.3 Å². The molecule has 0 aliphatic rings. The molecule has 0 radical (unpaired) electrons. The maximum atomic E-state index is 15.2. The standard InChI is InChI=1S/C25H23ClFN3O3S/c1-3-4-10-34(32)30-22-7-5-6-18(23(22)27)24(31)20-14-29-25-19(20)11-15(13-28-25)17-9-8-16(33-2)12-21(17)26/h5-9,11-14,30H,3-4,10H2,1-2H3,(H,28,29). The van der Waals surface area contributed by atoms with Crippen molar-refractivity contribution in [2.24, 2.45) is 0 Å². The highest BCUT2D eigenvalue weighted by atomic mass is 35.5. The van der Waals surface area contributed by atoms with E-state index in [1.807, 2.05) is 13.0 Å². The zero-order chi connectivity index (χ0) is 24.2. The molecule has 2 aromatic heterocycles. The van der Waals surface area contributed by atoms with Crippen LogP contribution in [0.15, 0.2) is 54.9 Å². The van der Waals surface area contributed by atoms with E-state index in [1.165, 1.54) is 18.3 Å². The average Bonchev–Trinajstić information content (AvgIpc) is 3.26. The number of aromatic nitrogens is 2. The number of ether oxygens (including phenoxy) is 1. The lowest BCUT2D eigenvalue weighted by molar-refractivity contribution is 0.103. The smallest absolute Gasteiger partial charge is 0.198 e. The van der Waals surface area contributed by atoms with E-state index in [-0.39, 0.29) is 16.8 Å². The number of hydrogen-bond donors (Lipinski definition) is 2. The molecule has 0 spiro atoms. The van der Waals surface area contributed by atoms with E-state index in [0.29, 0.717) is 33.1 Å². The van der Waals surface area contributed by atoms with Crippen LogP contribution in [-0.4, -0.2) is 33.2 Å². The van der Waals surface area contributed by atoms with E-state index < -0.39 is 23.0 Å². The molecule has 9 heteroatoms. The molecule has 4 aromatic rings. The Morgan fingerprint density at radius 1 is 1.26 bits per heavy atom. The number of nitrogens with one attached hydrogen (secondary N) is 2. The van der Waals surface area contributed by atoms with Crippen LogP contribution < -0.4 is 9.46 Å². The van der Waals surface area contributed by atoms with Crippen molar-refractivity contribution in [3.05, 3.63) is 76.8 Å². The monoisotopic (exact) mass is 499 g/mol. The van der Waals surface area contributed by atoms with Gasteiger partial charge in [0.05, 0.1) is 29.1 Å². The van der Waals surface area contributed by atoms with Gasteiger partial charge in [0.2, 0.25) is 0 Å². The largest absolute Gasteiger partial charge is 0.593 e. The molecule has 1 unspecified atom stereocenters. The number of unbranched alkanes of at least 4 members (excludes halogenated alkanes) is 1. The number of H-pyrrole nitrogens is 1. The Kier molecular flexibility index (Phi) is 7.41. The second-order valence-electron chi connectivity index (χ2n) is 7.67. The fourth-order valence-electron chi connectivity index (χ4n) is 3.58. The SMILES string of the molecule is CCCC[S+]([O-])Nc1cccc(C(=O)c2c[nH]c3ncc(-c4ccc(OC)cc4Cl)cc23)c1F. The van der Waals surface area contributed by atoms with Crippen LogP contribution in [0.2, 0.25) is 5.02 Å². The van der Waals surface area contributed by atoms with Gasteiger partial charge in [0, 0.05) is 34.5 Å². The molecule has 2 heterocycles. The lowest BCUT2D eigenvalue weighted by Crippen LogP contribution is -2.18. The summed E-state index contributed by atoms with van der Waals surface area (Å²) in [5, 5.41) is 1.02. The molecule has 0 amide bonds. The highest BCUT2D eigenvalue weighted by Gasteiger charge is 2.22. The lowest BCUT2D eigenvalue weighted by atomic mass is 10.00. The third-order valence-corrected chi connectivity index (χ3v) is 6.83. The summed E-state index contributed by atoms with van der Waals surface area (Å²) in [6.45, 7) is 1.99. The number of hydrogen-bond acceptors (Lipinski definition) is 5. The number of halogens is 2. The molecule has 176 valence electrons. The lowest BCUT2D eigenvalue weighted by Gasteiger charge is -2.13.